The maximum absolute atomic E-state index is 13.2. The Balaban J connectivity index is 1.86. The highest BCUT2D eigenvalue weighted by molar-refractivity contribution is 6.34. The van der Waals surface area contributed by atoms with Crippen LogP contribution in [-0.2, 0) is 11.3 Å². The number of urea groups is 1. The number of carbonyl (C=O) groups is 2. The Morgan fingerprint density at radius 3 is 2.50 bits per heavy atom. The largest absolute Gasteiger partial charge is 0.377 e. The fourth-order valence-corrected chi connectivity index (χ4v) is 4.15. The zero-order valence-electron chi connectivity index (χ0n) is 20.7. The van der Waals surface area contributed by atoms with Gasteiger partial charge in [-0.15, -0.1) is 0 Å². The van der Waals surface area contributed by atoms with E-state index in [1.54, 1.807) is 29.2 Å². The predicted octanol–water partition coefficient (Wildman–Crippen LogP) is 5.15. The molecule has 1 aliphatic rings. The van der Waals surface area contributed by atoms with Gasteiger partial charge < -0.3 is 25.2 Å². The van der Waals surface area contributed by atoms with Crippen LogP contribution in [0.4, 0.5) is 16.2 Å². The van der Waals surface area contributed by atoms with Gasteiger partial charge in [0.15, 0.2) is 0 Å². The summed E-state index contributed by atoms with van der Waals surface area (Å²) in [5.74, 6) is -0.282. The molecule has 184 valence electrons. The van der Waals surface area contributed by atoms with Crippen LogP contribution in [0.15, 0.2) is 42.5 Å². The number of hydrogen-bond donors (Lipinski definition) is 2. The molecule has 0 aliphatic carbocycles. The summed E-state index contributed by atoms with van der Waals surface area (Å²) in [7, 11) is 3.92. The molecule has 0 radical (unpaired) electrons. The Hall–Kier alpha value is -2.77. The number of amides is 3. The molecule has 1 fully saturated rings. The van der Waals surface area contributed by atoms with Gasteiger partial charge in [0, 0.05) is 50.7 Å². The normalized spacial score (nSPS) is 15.6. The first kappa shape index (κ1) is 25.8. The van der Waals surface area contributed by atoms with Crippen LogP contribution in [0.3, 0.4) is 0 Å². The number of anilines is 2. The lowest BCUT2D eigenvalue weighted by molar-refractivity contribution is 0.0782. The maximum atomic E-state index is 13.2. The molecule has 0 spiro atoms. The van der Waals surface area contributed by atoms with Gasteiger partial charge in [0.2, 0.25) is 0 Å². The van der Waals surface area contributed by atoms with E-state index in [4.69, 9.17) is 16.3 Å². The Morgan fingerprint density at radius 2 is 1.88 bits per heavy atom. The highest BCUT2D eigenvalue weighted by atomic mass is 35.5. The van der Waals surface area contributed by atoms with Crippen LogP contribution >= 0.6 is 11.6 Å². The summed E-state index contributed by atoms with van der Waals surface area (Å²) in [6.07, 6.45) is 1.97. The second-order valence-electron chi connectivity index (χ2n) is 9.87. The first-order valence-electron chi connectivity index (χ1n) is 11.6. The minimum atomic E-state index is -0.360. The van der Waals surface area contributed by atoms with Crippen molar-refractivity contribution in [1.29, 1.82) is 0 Å². The van der Waals surface area contributed by atoms with Crippen molar-refractivity contribution in [3.63, 3.8) is 0 Å². The van der Waals surface area contributed by atoms with Crippen molar-refractivity contribution in [2.75, 3.05) is 37.5 Å². The number of carbonyl (C=O) groups excluding carboxylic acids is 2. The molecule has 8 heteroatoms. The van der Waals surface area contributed by atoms with Crippen LogP contribution in [0.2, 0.25) is 5.02 Å². The van der Waals surface area contributed by atoms with E-state index in [0.29, 0.717) is 29.4 Å². The number of benzene rings is 2. The summed E-state index contributed by atoms with van der Waals surface area (Å²) in [6.45, 7) is 7.50. The molecular formula is C26H35ClN4O3. The molecule has 1 saturated heterocycles. The van der Waals surface area contributed by atoms with Crippen molar-refractivity contribution in [2.45, 2.75) is 51.8 Å². The smallest absolute Gasteiger partial charge is 0.318 e. The van der Waals surface area contributed by atoms with Gasteiger partial charge in [-0.05, 0) is 69.5 Å². The molecule has 2 aromatic rings. The van der Waals surface area contributed by atoms with E-state index in [1.807, 2.05) is 58.0 Å². The fraction of sp³-hybridized carbons (Fsp3) is 0.462. The average Bonchev–Trinajstić information content (AvgIpc) is 3.25. The van der Waals surface area contributed by atoms with Crippen LogP contribution in [0.5, 0.6) is 0 Å². The predicted molar refractivity (Wildman–Crippen MR) is 138 cm³/mol. The van der Waals surface area contributed by atoms with Gasteiger partial charge in [-0.3, -0.25) is 4.79 Å². The number of rotatable bonds is 7. The third-order valence-electron chi connectivity index (χ3n) is 5.52. The van der Waals surface area contributed by atoms with E-state index in [9.17, 15) is 9.59 Å². The van der Waals surface area contributed by atoms with Crippen LogP contribution in [0.1, 0.15) is 49.5 Å². The number of halogens is 1. The van der Waals surface area contributed by atoms with Crippen molar-refractivity contribution >= 4 is 34.9 Å². The molecule has 2 N–H and O–H groups in total. The van der Waals surface area contributed by atoms with Gasteiger partial charge in [0.25, 0.3) is 5.91 Å². The molecule has 3 rings (SSSR count). The molecule has 34 heavy (non-hydrogen) atoms. The zero-order valence-corrected chi connectivity index (χ0v) is 21.4. The van der Waals surface area contributed by atoms with Gasteiger partial charge in [-0.25, -0.2) is 4.79 Å². The van der Waals surface area contributed by atoms with E-state index in [-0.39, 0.29) is 23.6 Å². The number of ether oxygens (including phenoxy) is 1. The molecule has 1 heterocycles. The quantitative estimate of drug-likeness (QED) is 0.567. The Kier molecular flexibility index (Phi) is 8.44. The molecule has 1 unspecified atom stereocenters. The average molecular weight is 487 g/mol. The summed E-state index contributed by atoms with van der Waals surface area (Å²) in [5.41, 5.74) is 2.58. The van der Waals surface area contributed by atoms with E-state index < -0.39 is 0 Å². The SMILES string of the molecule is CN(C)c1ccc(NC(=O)c2ccccc2Cl)cc1CN(CC1CCCO1)C(=O)NC(C)(C)C. The Labute approximate surface area is 207 Å². The molecule has 2 aromatic carbocycles. The minimum Gasteiger partial charge on any atom is -0.377 e. The molecule has 1 atom stereocenters. The van der Waals surface area contributed by atoms with Crippen LogP contribution in [0.25, 0.3) is 0 Å². The van der Waals surface area contributed by atoms with Crippen molar-refractivity contribution in [2.24, 2.45) is 0 Å². The standard InChI is InChI=1S/C26H35ClN4O3/c1-26(2,3)29-25(33)31(17-20-9-8-14-34-20)16-18-15-19(12-13-23(18)30(4)5)28-24(32)21-10-6-7-11-22(21)27/h6-7,10-13,15,20H,8-9,14,16-17H2,1-5H3,(H,28,32)(H,29,33). The number of nitrogens with one attached hydrogen (secondary N) is 2. The van der Waals surface area contributed by atoms with E-state index in [1.165, 1.54) is 0 Å². The second-order valence-corrected chi connectivity index (χ2v) is 10.3. The molecule has 3 amide bonds. The van der Waals surface area contributed by atoms with Gasteiger partial charge in [-0.1, -0.05) is 23.7 Å². The Bertz CT molecular complexity index is 1010. The first-order chi connectivity index (χ1) is 16.0. The van der Waals surface area contributed by atoms with Crippen molar-refractivity contribution in [3.05, 3.63) is 58.6 Å². The van der Waals surface area contributed by atoms with Crippen LogP contribution in [-0.4, -0.2) is 55.7 Å². The lowest BCUT2D eigenvalue weighted by atomic mass is 10.1. The zero-order chi connectivity index (χ0) is 24.9. The summed E-state index contributed by atoms with van der Waals surface area (Å²) >= 11 is 6.19. The third kappa shape index (κ3) is 7.11. The molecular weight excluding hydrogens is 452 g/mol. The van der Waals surface area contributed by atoms with Gasteiger partial charge in [-0.2, -0.15) is 0 Å². The molecule has 0 aromatic heterocycles. The molecule has 0 saturated carbocycles. The monoisotopic (exact) mass is 486 g/mol. The summed E-state index contributed by atoms with van der Waals surface area (Å²) < 4.78 is 5.81. The molecule has 1 aliphatic heterocycles. The van der Waals surface area contributed by atoms with Crippen molar-refractivity contribution in [1.82, 2.24) is 10.2 Å². The molecule has 0 bridgehead atoms. The summed E-state index contributed by atoms with van der Waals surface area (Å²) in [5, 5.41) is 6.40. The highest BCUT2D eigenvalue weighted by Gasteiger charge is 2.26. The highest BCUT2D eigenvalue weighted by Crippen LogP contribution is 2.26. The number of hydrogen-bond acceptors (Lipinski definition) is 4. The topological polar surface area (TPSA) is 73.9 Å². The van der Waals surface area contributed by atoms with Crippen molar-refractivity contribution in [3.8, 4) is 0 Å². The van der Waals surface area contributed by atoms with Crippen LogP contribution < -0.4 is 15.5 Å². The van der Waals surface area contributed by atoms with Gasteiger partial charge >= 0.3 is 6.03 Å². The van der Waals surface area contributed by atoms with Crippen LogP contribution in [0, 0.1) is 0 Å². The number of nitrogens with zero attached hydrogens (tertiary/aromatic N) is 2. The van der Waals surface area contributed by atoms with E-state index in [0.717, 1.165) is 30.7 Å². The maximum Gasteiger partial charge on any atom is 0.318 e. The third-order valence-corrected chi connectivity index (χ3v) is 5.85. The molecule has 7 nitrogen and oxygen atoms in total. The second kappa shape index (κ2) is 11.1. The van der Waals surface area contributed by atoms with Gasteiger partial charge in [0.1, 0.15) is 0 Å². The first-order valence-corrected chi connectivity index (χ1v) is 12.0. The lowest BCUT2D eigenvalue weighted by Crippen LogP contribution is -2.50. The van der Waals surface area contributed by atoms with E-state index >= 15 is 0 Å². The fourth-order valence-electron chi connectivity index (χ4n) is 3.93. The lowest BCUT2D eigenvalue weighted by Gasteiger charge is -2.31. The minimum absolute atomic E-state index is 0.0247. The van der Waals surface area contributed by atoms with Crippen molar-refractivity contribution < 1.29 is 14.3 Å². The summed E-state index contributed by atoms with van der Waals surface area (Å²) in [4.78, 5) is 29.8. The Morgan fingerprint density at radius 1 is 1.15 bits per heavy atom. The van der Waals surface area contributed by atoms with Gasteiger partial charge in [0.05, 0.1) is 16.7 Å². The summed E-state index contributed by atoms with van der Waals surface area (Å²) in [6, 6.07) is 12.5. The van der Waals surface area contributed by atoms with E-state index in [2.05, 4.69) is 10.6 Å².